The first-order chi connectivity index (χ1) is 10.6. The molecular weight excluding hydrogens is 302 g/mol. The van der Waals surface area contributed by atoms with Gasteiger partial charge in [0.25, 0.3) is 5.91 Å². The van der Waals surface area contributed by atoms with Gasteiger partial charge < -0.3 is 15.3 Å². The Labute approximate surface area is 135 Å². The summed E-state index contributed by atoms with van der Waals surface area (Å²) in [5.41, 5.74) is 0.536. The SMILES string of the molecule is O=C(NCC1CCCC1O)c1cc(Cl)nc(N2CCCC2)c1. The lowest BCUT2D eigenvalue weighted by atomic mass is 10.1. The minimum Gasteiger partial charge on any atom is -0.393 e. The summed E-state index contributed by atoms with van der Waals surface area (Å²) in [6.07, 6.45) is 4.84. The van der Waals surface area contributed by atoms with Gasteiger partial charge in [0.05, 0.1) is 6.10 Å². The Hall–Kier alpha value is -1.33. The van der Waals surface area contributed by atoms with Gasteiger partial charge in [-0.3, -0.25) is 4.79 Å². The average molecular weight is 324 g/mol. The Morgan fingerprint density at radius 3 is 2.77 bits per heavy atom. The van der Waals surface area contributed by atoms with Crippen LogP contribution in [0.3, 0.4) is 0 Å². The van der Waals surface area contributed by atoms with E-state index in [1.807, 2.05) is 0 Å². The number of amides is 1. The molecule has 2 aliphatic rings. The number of hydrogen-bond donors (Lipinski definition) is 2. The summed E-state index contributed by atoms with van der Waals surface area (Å²) in [6.45, 7) is 2.43. The van der Waals surface area contributed by atoms with E-state index in [2.05, 4.69) is 15.2 Å². The summed E-state index contributed by atoms with van der Waals surface area (Å²) in [5, 5.41) is 13.1. The van der Waals surface area contributed by atoms with Gasteiger partial charge in [-0.2, -0.15) is 0 Å². The van der Waals surface area contributed by atoms with E-state index in [-0.39, 0.29) is 17.9 Å². The maximum Gasteiger partial charge on any atom is 0.251 e. The van der Waals surface area contributed by atoms with Gasteiger partial charge in [-0.25, -0.2) is 4.98 Å². The maximum atomic E-state index is 12.3. The quantitative estimate of drug-likeness (QED) is 0.834. The molecule has 1 aromatic heterocycles. The van der Waals surface area contributed by atoms with Crippen LogP contribution < -0.4 is 10.2 Å². The lowest BCUT2D eigenvalue weighted by Gasteiger charge is -2.18. The fourth-order valence-corrected chi connectivity index (χ4v) is 3.51. The number of halogens is 1. The summed E-state index contributed by atoms with van der Waals surface area (Å²) in [7, 11) is 0. The second kappa shape index (κ2) is 6.84. The topological polar surface area (TPSA) is 65.5 Å². The highest BCUT2D eigenvalue weighted by Crippen LogP contribution is 2.25. The van der Waals surface area contributed by atoms with Crippen molar-refractivity contribution in [2.45, 2.75) is 38.2 Å². The van der Waals surface area contributed by atoms with Crippen molar-refractivity contribution in [2.75, 3.05) is 24.5 Å². The van der Waals surface area contributed by atoms with E-state index >= 15 is 0 Å². The molecule has 5 nitrogen and oxygen atoms in total. The van der Waals surface area contributed by atoms with Gasteiger partial charge in [-0.05, 0) is 37.8 Å². The predicted octanol–water partition coefficient (Wildman–Crippen LogP) is 2.23. The summed E-state index contributed by atoms with van der Waals surface area (Å²) < 4.78 is 0. The van der Waals surface area contributed by atoms with E-state index in [0.29, 0.717) is 17.3 Å². The molecular formula is C16H22ClN3O2. The molecule has 2 heterocycles. The van der Waals surface area contributed by atoms with Crippen LogP contribution in [0.4, 0.5) is 5.82 Å². The lowest BCUT2D eigenvalue weighted by Crippen LogP contribution is -2.32. The Morgan fingerprint density at radius 2 is 2.09 bits per heavy atom. The molecule has 3 rings (SSSR count). The van der Waals surface area contributed by atoms with Crippen molar-refractivity contribution in [3.8, 4) is 0 Å². The number of nitrogens with zero attached hydrogens (tertiary/aromatic N) is 2. The highest BCUT2D eigenvalue weighted by atomic mass is 35.5. The van der Waals surface area contributed by atoms with Crippen molar-refractivity contribution >= 4 is 23.3 Å². The third-order valence-electron chi connectivity index (χ3n) is 4.62. The third-order valence-corrected chi connectivity index (χ3v) is 4.81. The number of aliphatic hydroxyl groups is 1. The molecule has 1 amide bonds. The zero-order valence-corrected chi connectivity index (χ0v) is 13.4. The Bertz CT molecular complexity index is 546. The number of aromatic nitrogens is 1. The first-order valence-corrected chi connectivity index (χ1v) is 8.40. The normalized spacial score (nSPS) is 24.7. The van der Waals surface area contributed by atoms with Gasteiger partial charge in [0.1, 0.15) is 11.0 Å². The molecule has 1 saturated heterocycles. The number of pyridine rings is 1. The zero-order chi connectivity index (χ0) is 15.5. The maximum absolute atomic E-state index is 12.3. The summed E-state index contributed by atoms with van der Waals surface area (Å²) in [6, 6.07) is 3.40. The number of carbonyl (C=O) groups is 1. The van der Waals surface area contributed by atoms with Gasteiger partial charge in [-0.15, -0.1) is 0 Å². The Kier molecular flexibility index (Phi) is 4.84. The average Bonchev–Trinajstić information content (AvgIpc) is 3.15. The molecule has 2 atom stereocenters. The van der Waals surface area contributed by atoms with Crippen molar-refractivity contribution in [1.29, 1.82) is 0 Å². The van der Waals surface area contributed by atoms with Crippen LogP contribution in [0.2, 0.25) is 5.15 Å². The van der Waals surface area contributed by atoms with Crippen molar-refractivity contribution in [1.82, 2.24) is 10.3 Å². The first-order valence-electron chi connectivity index (χ1n) is 8.02. The van der Waals surface area contributed by atoms with Crippen LogP contribution in [0.25, 0.3) is 0 Å². The van der Waals surface area contributed by atoms with Crippen LogP contribution in [-0.4, -0.2) is 41.7 Å². The van der Waals surface area contributed by atoms with Crippen LogP contribution in [0.1, 0.15) is 42.5 Å². The summed E-state index contributed by atoms with van der Waals surface area (Å²) in [5.74, 6) is 0.791. The zero-order valence-electron chi connectivity index (χ0n) is 12.6. The minimum atomic E-state index is -0.290. The van der Waals surface area contributed by atoms with Gasteiger partial charge in [-0.1, -0.05) is 18.0 Å². The van der Waals surface area contributed by atoms with E-state index in [1.54, 1.807) is 12.1 Å². The van der Waals surface area contributed by atoms with Crippen molar-refractivity contribution in [2.24, 2.45) is 5.92 Å². The standard InChI is InChI=1S/C16H22ClN3O2/c17-14-8-12(9-15(19-14)20-6-1-2-7-20)16(22)18-10-11-4-3-5-13(11)21/h8-9,11,13,21H,1-7,10H2,(H,18,22). The highest BCUT2D eigenvalue weighted by Gasteiger charge is 2.25. The minimum absolute atomic E-state index is 0.149. The number of nitrogens with one attached hydrogen (secondary N) is 1. The smallest absolute Gasteiger partial charge is 0.251 e. The van der Waals surface area contributed by atoms with E-state index < -0.39 is 0 Å². The van der Waals surface area contributed by atoms with E-state index in [9.17, 15) is 9.90 Å². The van der Waals surface area contributed by atoms with Crippen molar-refractivity contribution in [3.05, 3.63) is 22.8 Å². The van der Waals surface area contributed by atoms with Crippen LogP contribution >= 0.6 is 11.6 Å². The van der Waals surface area contributed by atoms with Gasteiger partial charge >= 0.3 is 0 Å². The molecule has 0 bridgehead atoms. The molecule has 0 aromatic carbocycles. The van der Waals surface area contributed by atoms with Crippen LogP contribution in [0.5, 0.6) is 0 Å². The molecule has 6 heteroatoms. The van der Waals surface area contributed by atoms with Crippen LogP contribution in [-0.2, 0) is 0 Å². The third kappa shape index (κ3) is 3.52. The molecule has 1 aliphatic carbocycles. The Morgan fingerprint density at radius 1 is 1.32 bits per heavy atom. The fourth-order valence-electron chi connectivity index (χ4n) is 3.30. The predicted molar refractivity (Wildman–Crippen MR) is 86.4 cm³/mol. The second-order valence-electron chi connectivity index (χ2n) is 6.20. The molecule has 2 fully saturated rings. The number of anilines is 1. The molecule has 2 N–H and O–H groups in total. The molecule has 0 radical (unpaired) electrons. The summed E-state index contributed by atoms with van der Waals surface area (Å²) in [4.78, 5) is 18.8. The van der Waals surface area contributed by atoms with Crippen LogP contribution in [0, 0.1) is 5.92 Å². The van der Waals surface area contributed by atoms with Gasteiger partial charge in [0.2, 0.25) is 0 Å². The monoisotopic (exact) mass is 323 g/mol. The molecule has 2 unspecified atom stereocenters. The van der Waals surface area contributed by atoms with E-state index in [1.165, 1.54) is 0 Å². The highest BCUT2D eigenvalue weighted by molar-refractivity contribution is 6.29. The lowest BCUT2D eigenvalue weighted by molar-refractivity contribution is 0.0916. The molecule has 22 heavy (non-hydrogen) atoms. The van der Waals surface area contributed by atoms with Crippen molar-refractivity contribution < 1.29 is 9.90 Å². The largest absolute Gasteiger partial charge is 0.393 e. The molecule has 1 aliphatic heterocycles. The van der Waals surface area contributed by atoms with E-state index in [0.717, 1.165) is 51.0 Å². The molecule has 1 aromatic rings. The number of aliphatic hydroxyl groups excluding tert-OH is 1. The fraction of sp³-hybridized carbons (Fsp3) is 0.625. The molecule has 1 saturated carbocycles. The van der Waals surface area contributed by atoms with E-state index in [4.69, 9.17) is 11.6 Å². The second-order valence-corrected chi connectivity index (χ2v) is 6.59. The number of rotatable bonds is 4. The first kappa shape index (κ1) is 15.6. The number of hydrogen-bond acceptors (Lipinski definition) is 4. The number of carbonyl (C=O) groups excluding carboxylic acids is 1. The van der Waals surface area contributed by atoms with Crippen LogP contribution in [0.15, 0.2) is 12.1 Å². The van der Waals surface area contributed by atoms with Crippen molar-refractivity contribution in [3.63, 3.8) is 0 Å². The molecule has 0 spiro atoms. The van der Waals surface area contributed by atoms with Gasteiger partial charge in [0.15, 0.2) is 0 Å². The summed E-state index contributed by atoms with van der Waals surface area (Å²) >= 11 is 6.07. The van der Waals surface area contributed by atoms with Gasteiger partial charge in [0, 0.05) is 31.1 Å². The Balaban J connectivity index is 1.66. The molecule has 120 valence electrons.